The molecule has 0 fully saturated rings. The van der Waals surface area contributed by atoms with Gasteiger partial charge in [-0.05, 0) is 38.0 Å². The van der Waals surface area contributed by atoms with E-state index in [1.165, 1.54) is 0 Å². The first-order valence-electron chi connectivity index (χ1n) is 9.70. The van der Waals surface area contributed by atoms with Gasteiger partial charge in [-0.1, -0.05) is 13.8 Å². The summed E-state index contributed by atoms with van der Waals surface area (Å²) in [5, 5.41) is 5.45. The van der Waals surface area contributed by atoms with Crippen LogP contribution in [0.3, 0.4) is 0 Å². The van der Waals surface area contributed by atoms with Gasteiger partial charge in [0.05, 0.1) is 0 Å². The third-order valence-corrected chi connectivity index (χ3v) is 3.97. The summed E-state index contributed by atoms with van der Waals surface area (Å²) in [5.41, 5.74) is 1.38. The van der Waals surface area contributed by atoms with Gasteiger partial charge in [0, 0.05) is 55.8 Å². The minimum absolute atomic E-state index is 0.0908. The maximum atomic E-state index is 12.5. The predicted molar refractivity (Wildman–Crippen MR) is 109 cm³/mol. The molecule has 7 heteroatoms. The number of hydrogen-bond donors (Lipinski definition) is 2. The fourth-order valence-electron chi connectivity index (χ4n) is 2.44. The number of carbonyl (C=O) groups excluding carboxylic acids is 4. The number of Topliss-reactive ketones (excluding diaryl/α,β-unsaturated/α-hetero) is 2. The van der Waals surface area contributed by atoms with E-state index in [9.17, 15) is 19.2 Å². The first-order chi connectivity index (χ1) is 13.3. The number of hydrogen-bond acceptors (Lipinski definition) is 5. The molecule has 0 spiro atoms. The second kappa shape index (κ2) is 12.8. The lowest BCUT2D eigenvalue weighted by Crippen LogP contribution is -2.13. The van der Waals surface area contributed by atoms with E-state index in [2.05, 4.69) is 10.6 Å². The van der Waals surface area contributed by atoms with E-state index in [4.69, 9.17) is 4.74 Å². The molecule has 0 heterocycles. The van der Waals surface area contributed by atoms with E-state index in [0.717, 1.165) is 0 Å². The predicted octanol–water partition coefficient (Wildman–Crippen LogP) is 3.73. The maximum Gasteiger partial charge on any atom is 0.224 e. The number of rotatable bonds is 13. The molecule has 1 rings (SSSR count). The van der Waals surface area contributed by atoms with Gasteiger partial charge >= 0.3 is 0 Å². The van der Waals surface area contributed by atoms with Gasteiger partial charge in [-0.2, -0.15) is 0 Å². The van der Waals surface area contributed by atoms with E-state index in [0.29, 0.717) is 68.7 Å². The Morgan fingerprint density at radius 1 is 0.821 bits per heavy atom. The molecule has 28 heavy (non-hydrogen) atoms. The molecular weight excluding hydrogens is 360 g/mol. The van der Waals surface area contributed by atoms with Crippen molar-refractivity contribution in [2.75, 3.05) is 23.8 Å². The zero-order valence-electron chi connectivity index (χ0n) is 16.9. The lowest BCUT2D eigenvalue weighted by molar-refractivity contribution is -0.117. The normalized spacial score (nSPS) is 10.4. The average Bonchev–Trinajstić information content (AvgIpc) is 2.66. The Morgan fingerprint density at radius 2 is 1.32 bits per heavy atom. The molecule has 1 aromatic carbocycles. The number of ketones is 2. The van der Waals surface area contributed by atoms with E-state index in [1.54, 1.807) is 39.0 Å². The molecule has 0 aliphatic heterocycles. The molecular formula is C21H30N2O5. The summed E-state index contributed by atoms with van der Waals surface area (Å²) >= 11 is 0. The van der Waals surface area contributed by atoms with E-state index in [-0.39, 0.29) is 23.4 Å². The lowest BCUT2D eigenvalue weighted by atomic mass is 10.0. The first-order valence-corrected chi connectivity index (χ1v) is 9.70. The molecule has 0 saturated carbocycles. The molecule has 2 amide bonds. The van der Waals surface area contributed by atoms with Crippen molar-refractivity contribution in [3.05, 3.63) is 23.8 Å². The Kier molecular flexibility index (Phi) is 10.7. The molecule has 0 unspecified atom stereocenters. The zero-order valence-corrected chi connectivity index (χ0v) is 16.9. The lowest BCUT2D eigenvalue weighted by Gasteiger charge is -2.11. The minimum Gasteiger partial charge on any atom is -0.381 e. The van der Waals surface area contributed by atoms with Crippen molar-refractivity contribution in [1.29, 1.82) is 0 Å². The Hall–Kier alpha value is -2.54. The molecule has 2 N–H and O–H groups in total. The van der Waals surface area contributed by atoms with E-state index in [1.807, 2.05) is 0 Å². The first kappa shape index (κ1) is 23.5. The topological polar surface area (TPSA) is 102 Å². The van der Waals surface area contributed by atoms with Crippen molar-refractivity contribution in [2.45, 2.75) is 59.3 Å². The van der Waals surface area contributed by atoms with Crippen LogP contribution in [0.5, 0.6) is 0 Å². The molecule has 154 valence electrons. The number of anilines is 2. The largest absolute Gasteiger partial charge is 0.381 e. The molecule has 0 aromatic heterocycles. The van der Waals surface area contributed by atoms with Crippen molar-refractivity contribution < 1.29 is 23.9 Å². The molecule has 7 nitrogen and oxygen atoms in total. The minimum atomic E-state index is -0.170. The number of benzene rings is 1. The summed E-state index contributed by atoms with van der Waals surface area (Å²) in [6.07, 6.45) is 2.66. The van der Waals surface area contributed by atoms with Crippen molar-refractivity contribution in [3.8, 4) is 0 Å². The summed E-state index contributed by atoms with van der Waals surface area (Å²) in [6, 6.07) is 4.87. The Bertz CT molecular complexity index is 664. The van der Waals surface area contributed by atoms with Gasteiger partial charge in [-0.3, -0.25) is 14.4 Å². The quantitative estimate of drug-likeness (QED) is 0.395. The summed E-state index contributed by atoms with van der Waals surface area (Å²) in [7, 11) is 0. The van der Waals surface area contributed by atoms with Crippen LogP contribution >= 0.6 is 0 Å². The SMILES string of the molecule is CCC(=O)Nc1cc(NC(=O)CC)cc(C(=O)CCCOCCCC(C)=O)c1. The smallest absolute Gasteiger partial charge is 0.224 e. The van der Waals surface area contributed by atoms with Gasteiger partial charge < -0.3 is 20.2 Å². The zero-order chi connectivity index (χ0) is 20.9. The number of ether oxygens (including phenoxy) is 1. The highest BCUT2D eigenvalue weighted by Crippen LogP contribution is 2.21. The molecule has 0 saturated heterocycles. The highest BCUT2D eigenvalue weighted by molar-refractivity contribution is 6.01. The molecule has 0 aliphatic rings. The molecule has 0 bridgehead atoms. The second-order valence-corrected chi connectivity index (χ2v) is 6.55. The number of amides is 2. The second-order valence-electron chi connectivity index (χ2n) is 6.55. The third kappa shape index (κ3) is 9.41. The van der Waals surface area contributed by atoms with Crippen LogP contribution in [-0.4, -0.2) is 36.6 Å². The van der Waals surface area contributed by atoms with Gasteiger partial charge in [-0.15, -0.1) is 0 Å². The standard InChI is InChI=1S/C21H30N2O5/c1-4-20(26)22-17-12-16(13-18(14-17)23-21(27)5-2)19(25)9-7-11-28-10-6-8-15(3)24/h12-14H,4-11H2,1-3H3,(H,22,26)(H,23,27). The van der Waals surface area contributed by atoms with Crippen molar-refractivity contribution in [1.82, 2.24) is 0 Å². The van der Waals surface area contributed by atoms with Crippen LogP contribution in [0.4, 0.5) is 11.4 Å². The van der Waals surface area contributed by atoms with Crippen LogP contribution in [0.1, 0.15) is 69.7 Å². The molecule has 0 radical (unpaired) electrons. The highest BCUT2D eigenvalue weighted by Gasteiger charge is 2.11. The van der Waals surface area contributed by atoms with Gasteiger partial charge in [-0.25, -0.2) is 0 Å². The van der Waals surface area contributed by atoms with Crippen molar-refractivity contribution in [3.63, 3.8) is 0 Å². The van der Waals surface area contributed by atoms with Crippen LogP contribution in [-0.2, 0) is 19.1 Å². The van der Waals surface area contributed by atoms with Gasteiger partial charge in [0.1, 0.15) is 5.78 Å². The number of nitrogens with one attached hydrogen (secondary N) is 2. The number of carbonyl (C=O) groups is 4. The average molecular weight is 390 g/mol. The summed E-state index contributed by atoms with van der Waals surface area (Å²) in [6.45, 7) is 5.96. The molecule has 0 atom stereocenters. The fraction of sp³-hybridized carbons (Fsp3) is 0.524. The molecule has 0 aliphatic carbocycles. The van der Waals surface area contributed by atoms with Crippen LogP contribution in [0.25, 0.3) is 0 Å². The van der Waals surface area contributed by atoms with Gasteiger partial charge in [0.15, 0.2) is 5.78 Å². The van der Waals surface area contributed by atoms with Crippen LogP contribution < -0.4 is 10.6 Å². The Morgan fingerprint density at radius 3 is 1.79 bits per heavy atom. The highest BCUT2D eigenvalue weighted by atomic mass is 16.5. The van der Waals surface area contributed by atoms with Crippen LogP contribution in [0, 0.1) is 0 Å². The fourth-order valence-corrected chi connectivity index (χ4v) is 2.44. The summed E-state index contributed by atoms with van der Waals surface area (Å²) in [4.78, 5) is 46.7. The summed E-state index contributed by atoms with van der Waals surface area (Å²) in [5.74, 6) is -0.292. The Balaban J connectivity index is 2.67. The maximum absolute atomic E-state index is 12.5. The van der Waals surface area contributed by atoms with E-state index >= 15 is 0 Å². The van der Waals surface area contributed by atoms with Crippen molar-refractivity contribution >= 4 is 34.8 Å². The van der Waals surface area contributed by atoms with Crippen molar-refractivity contribution in [2.24, 2.45) is 0 Å². The van der Waals surface area contributed by atoms with Crippen LogP contribution in [0.2, 0.25) is 0 Å². The molecule has 1 aromatic rings. The summed E-state index contributed by atoms with van der Waals surface area (Å²) < 4.78 is 5.43. The van der Waals surface area contributed by atoms with E-state index < -0.39 is 0 Å². The van der Waals surface area contributed by atoms with Gasteiger partial charge in [0.2, 0.25) is 11.8 Å². The van der Waals surface area contributed by atoms with Crippen LogP contribution in [0.15, 0.2) is 18.2 Å². The Labute approximate surface area is 166 Å². The van der Waals surface area contributed by atoms with Gasteiger partial charge in [0.25, 0.3) is 0 Å². The third-order valence-electron chi connectivity index (χ3n) is 3.97. The monoisotopic (exact) mass is 390 g/mol.